The van der Waals surface area contributed by atoms with Gasteiger partial charge in [0.2, 0.25) is 0 Å². The van der Waals surface area contributed by atoms with E-state index in [1.54, 1.807) is 25.3 Å². The van der Waals surface area contributed by atoms with Crippen LogP contribution in [-0.2, 0) is 5.60 Å². The number of aliphatic hydroxyl groups is 1. The molecule has 0 saturated heterocycles. The molecule has 1 aliphatic carbocycles. The third kappa shape index (κ3) is 2.35. The number of hydrogen-bond donors (Lipinski definition) is 1. The van der Waals surface area contributed by atoms with Crippen molar-refractivity contribution >= 4 is 34.8 Å². The summed E-state index contributed by atoms with van der Waals surface area (Å²) in [4.78, 5) is 0. The van der Waals surface area contributed by atoms with Gasteiger partial charge in [0.15, 0.2) is 0 Å². The van der Waals surface area contributed by atoms with Crippen LogP contribution in [0.4, 0.5) is 0 Å². The molecule has 0 radical (unpaired) electrons. The van der Waals surface area contributed by atoms with Crippen molar-refractivity contribution in [1.82, 2.24) is 0 Å². The number of ether oxygens (including phenoxy) is 1. The SMILES string of the molecule is COc1ccccc1[C@@](O)(c1ccccc1Cl)[C@]1(C)CC1(Cl)Cl. The van der Waals surface area contributed by atoms with E-state index in [1.165, 1.54) is 0 Å². The van der Waals surface area contributed by atoms with Gasteiger partial charge in [-0.05, 0) is 18.6 Å². The quantitative estimate of drug-likeness (QED) is 0.751. The summed E-state index contributed by atoms with van der Waals surface area (Å²) in [6.45, 7) is 1.86. The largest absolute Gasteiger partial charge is 0.496 e. The third-order valence-electron chi connectivity index (χ3n) is 4.82. The molecule has 23 heavy (non-hydrogen) atoms. The van der Waals surface area contributed by atoms with Crippen molar-refractivity contribution in [3.05, 3.63) is 64.7 Å². The fourth-order valence-electron chi connectivity index (χ4n) is 3.23. The van der Waals surface area contributed by atoms with Crippen LogP contribution in [0.5, 0.6) is 5.75 Å². The molecule has 5 heteroatoms. The molecule has 2 aromatic rings. The molecule has 2 atom stereocenters. The average Bonchev–Trinajstić information content (AvgIpc) is 3.07. The molecule has 0 aliphatic heterocycles. The fraction of sp³-hybridized carbons (Fsp3) is 0.333. The molecule has 1 N–H and O–H groups in total. The standard InChI is InChI=1S/C18H17Cl3O2/c1-16(11-17(16,20)21)18(22,12-7-3-5-9-14(12)19)13-8-4-6-10-15(13)23-2/h3-10,22H,11H2,1-2H3/t16-,18+/m1/s1. The Hall–Kier alpha value is -0.930. The Kier molecular flexibility index (Phi) is 4.09. The van der Waals surface area contributed by atoms with Gasteiger partial charge < -0.3 is 9.84 Å². The lowest BCUT2D eigenvalue weighted by Crippen LogP contribution is -2.40. The first-order chi connectivity index (χ1) is 10.8. The van der Waals surface area contributed by atoms with Crippen molar-refractivity contribution in [2.24, 2.45) is 5.41 Å². The van der Waals surface area contributed by atoms with E-state index in [2.05, 4.69) is 0 Å². The maximum atomic E-state index is 11.8. The maximum absolute atomic E-state index is 11.8. The molecular weight excluding hydrogens is 355 g/mol. The van der Waals surface area contributed by atoms with Crippen LogP contribution in [-0.4, -0.2) is 16.5 Å². The Morgan fingerprint density at radius 3 is 2.09 bits per heavy atom. The minimum atomic E-state index is -1.47. The molecular formula is C18H17Cl3O2. The van der Waals surface area contributed by atoms with Gasteiger partial charge in [-0.25, -0.2) is 0 Å². The van der Waals surface area contributed by atoms with Crippen molar-refractivity contribution in [3.63, 3.8) is 0 Å². The summed E-state index contributed by atoms with van der Waals surface area (Å²) in [5.41, 5.74) is -1.09. The summed E-state index contributed by atoms with van der Waals surface area (Å²) < 4.78 is 4.41. The zero-order chi connectivity index (χ0) is 16.9. The molecule has 0 bridgehead atoms. The number of hydrogen-bond acceptors (Lipinski definition) is 2. The first-order valence-corrected chi connectivity index (χ1v) is 8.40. The van der Waals surface area contributed by atoms with Crippen LogP contribution in [0, 0.1) is 5.41 Å². The highest BCUT2D eigenvalue weighted by Gasteiger charge is 2.74. The van der Waals surface area contributed by atoms with E-state index in [0.29, 0.717) is 28.3 Å². The minimum absolute atomic E-state index is 0.447. The van der Waals surface area contributed by atoms with Gasteiger partial charge in [0, 0.05) is 21.6 Å². The second-order valence-electron chi connectivity index (χ2n) is 6.10. The number of methoxy groups -OCH3 is 1. The van der Waals surface area contributed by atoms with Gasteiger partial charge in [-0.3, -0.25) is 0 Å². The Labute approximate surface area is 150 Å². The van der Waals surface area contributed by atoms with Crippen LogP contribution in [0.25, 0.3) is 0 Å². The van der Waals surface area contributed by atoms with Gasteiger partial charge in [-0.1, -0.05) is 54.9 Å². The van der Waals surface area contributed by atoms with Gasteiger partial charge in [-0.2, -0.15) is 0 Å². The van der Waals surface area contributed by atoms with Crippen LogP contribution in [0.1, 0.15) is 24.5 Å². The van der Waals surface area contributed by atoms with Gasteiger partial charge in [0.05, 0.1) is 7.11 Å². The first kappa shape index (κ1) is 16.9. The van der Waals surface area contributed by atoms with E-state index in [1.807, 2.05) is 37.3 Å². The van der Waals surface area contributed by atoms with E-state index in [-0.39, 0.29) is 0 Å². The number of benzene rings is 2. The highest BCUT2D eigenvalue weighted by molar-refractivity contribution is 6.51. The fourth-order valence-corrected chi connectivity index (χ4v) is 4.31. The predicted molar refractivity (Wildman–Crippen MR) is 94.6 cm³/mol. The second kappa shape index (κ2) is 5.56. The molecule has 0 aromatic heterocycles. The molecule has 1 aliphatic rings. The minimum Gasteiger partial charge on any atom is -0.496 e. The molecule has 3 rings (SSSR count). The molecule has 0 heterocycles. The average molecular weight is 372 g/mol. The van der Waals surface area contributed by atoms with Crippen LogP contribution >= 0.6 is 34.8 Å². The molecule has 0 unspecified atom stereocenters. The van der Waals surface area contributed by atoms with Gasteiger partial charge >= 0.3 is 0 Å². The molecule has 0 amide bonds. The van der Waals surface area contributed by atoms with E-state index in [9.17, 15) is 5.11 Å². The lowest BCUT2D eigenvalue weighted by Gasteiger charge is -2.38. The topological polar surface area (TPSA) is 29.5 Å². The van der Waals surface area contributed by atoms with Gasteiger partial charge in [0.1, 0.15) is 15.7 Å². The normalized spacial score (nSPS) is 24.8. The Bertz CT molecular complexity index is 747. The highest BCUT2D eigenvalue weighted by Crippen LogP contribution is 2.73. The lowest BCUT2D eigenvalue weighted by molar-refractivity contribution is 0.00644. The smallest absolute Gasteiger partial charge is 0.128 e. The Balaban J connectivity index is 2.31. The molecule has 2 aromatic carbocycles. The Morgan fingerprint density at radius 2 is 1.57 bits per heavy atom. The zero-order valence-corrected chi connectivity index (χ0v) is 15.1. The maximum Gasteiger partial charge on any atom is 0.128 e. The monoisotopic (exact) mass is 370 g/mol. The van der Waals surface area contributed by atoms with Gasteiger partial charge in [0.25, 0.3) is 0 Å². The third-order valence-corrected chi connectivity index (χ3v) is 6.25. The van der Waals surface area contributed by atoms with Crippen LogP contribution < -0.4 is 4.74 Å². The first-order valence-electron chi connectivity index (χ1n) is 7.26. The number of para-hydroxylation sites is 1. The van der Waals surface area contributed by atoms with Gasteiger partial charge in [-0.15, -0.1) is 23.2 Å². The lowest BCUT2D eigenvalue weighted by atomic mass is 9.74. The van der Waals surface area contributed by atoms with Crippen molar-refractivity contribution in [1.29, 1.82) is 0 Å². The molecule has 0 spiro atoms. The summed E-state index contributed by atoms with van der Waals surface area (Å²) in [6, 6.07) is 14.5. The van der Waals surface area contributed by atoms with Crippen molar-refractivity contribution in [2.75, 3.05) is 7.11 Å². The summed E-state index contributed by atoms with van der Waals surface area (Å²) in [7, 11) is 1.57. The predicted octanol–water partition coefficient (Wildman–Crippen LogP) is 5.17. The second-order valence-corrected chi connectivity index (χ2v) is 7.99. The van der Waals surface area contributed by atoms with Crippen molar-refractivity contribution < 1.29 is 9.84 Å². The van der Waals surface area contributed by atoms with Crippen LogP contribution in [0.3, 0.4) is 0 Å². The summed E-state index contributed by atoms with van der Waals surface area (Å²) in [6.07, 6.45) is 0.447. The van der Waals surface area contributed by atoms with Crippen molar-refractivity contribution in [2.45, 2.75) is 23.3 Å². The van der Waals surface area contributed by atoms with E-state index < -0.39 is 15.3 Å². The van der Waals surface area contributed by atoms with E-state index in [0.717, 1.165) is 0 Å². The van der Waals surface area contributed by atoms with E-state index >= 15 is 0 Å². The van der Waals surface area contributed by atoms with Crippen molar-refractivity contribution in [3.8, 4) is 5.75 Å². The number of alkyl halides is 2. The Morgan fingerprint density at radius 1 is 1.04 bits per heavy atom. The molecule has 122 valence electrons. The molecule has 1 fully saturated rings. The molecule has 1 saturated carbocycles. The zero-order valence-electron chi connectivity index (χ0n) is 12.8. The highest BCUT2D eigenvalue weighted by atomic mass is 35.5. The van der Waals surface area contributed by atoms with Crippen LogP contribution in [0.2, 0.25) is 5.02 Å². The summed E-state index contributed by atoms with van der Waals surface area (Å²) in [5.74, 6) is 0.562. The molecule has 2 nitrogen and oxygen atoms in total. The summed E-state index contributed by atoms with van der Waals surface area (Å²) in [5, 5.41) is 12.3. The number of rotatable bonds is 4. The number of halogens is 3. The van der Waals surface area contributed by atoms with Crippen LogP contribution in [0.15, 0.2) is 48.5 Å². The summed E-state index contributed by atoms with van der Waals surface area (Å²) >= 11 is 19.2. The van der Waals surface area contributed by atoms with E-state index in [4.69, 9.17) is 39.5 Å².